The first-order valence-electron chi connectivity index (χ1n) is 8.29. The number of halogens is 3. The molecule has 0 radical (unpaired) electrons. The number of nitrogens with one attached hydrogen (secondary N) is 1. The lowest BCUT2D eigenvalue weighted by molar-refractivity contribution is -0.141. The van der Waals surface area contributed by atoms with Crippen molar-refractivity contribution in [2.24, 2.45) is 10.9 Å². The minimum Gasteiger partial charge on any atom is -0.378 e. The predicted octanol–water partition coefficient (Wildman–Crippen LogP) is 1.08. The third-order valence-corrected chi connectivity index (χ3v) is 4.37. The van der Waals surface area contributed by atoms with Crippen molar-refractivity contribution in [3.05, 3.63) is 0 Å². The van der Waals surface area contributed by atoms with Crippen molar-refractivity contribution in [1.29, 1.82) is 0 Å². The van der Waals surface area contributed by atoms with Gasteiger partial charge in [-0.25, -0.2) is 0 Å². The Kier molecular flexibility index (Phi) is 6.70. The van der Waals surface area contributed by atoms with Crippen LogP contribution in [-0.4, -0.2) is 80.8 Å². The fourth-order valence-electron chi connectivity index (χ4n) is 3.03. The minimum atomic E-state index is -4.18. The lowest BCUT2D eigenvalue weighted by atomic mass is 9.95. The summed E-state index contributed by atoms with van der Waals surface area (Å²) in [5, 5.41) is 2.75. The van der Waals surface area contributed by atoms with Crippen LogP contribution in [0.5, 0.6) is 0 Å². The summed E-state index contributed by atoms with van der Waals surface area (Å²) in [4.78, 5) is 20.3. The van der Waals surface area contributed by atoms with Gasteiger partial charge in [0.15, 0.2) is 5.96 Å². The van der Waals surface area contributed by atoms with Crippen molar-refractivity contribution in [3.8, 4) is 0 Å². The van der Waals surface area contributed by atoms with Gasteiger partial charge >= 0.3 is 6.18 Å². The zero-order valence-electron chi connectivity index (χ0n) is 13.9. The SMILES string of the molecule is CN=C(NCCC(F)(F)F)N1CCC(C(=O)N2CCOCC2)CC1. The second kappa shape index (κ2) is 8.55. The number of nitrogens with zero attached hydrogens (tertiary/aromatic N) is 3. The number of guanidine groups is 1. The first kappa shape index (κ1) is 18.8. The Morgan fingerprint density at radius 1 is 1.17 bits per heavy atom. The van der Waals surface area contributed by atoms with Crippen LogP contribution < -0.4 is 5.32 Å². The number of aliphatic imine (C=N–C) groups is 1. The average molecular weight is 350 g/mol. The molecule has 0 aromatic rings. The van der Waals surface area contributed by atoms with E-state index in [1.807, 2.05) is 9.80 Å². The fourth-order valence-corrected chi connectivity index (χ4v) is 3.03. The monoisotopic (exact) mass is 350 g/mol. The number of likely N-dealkylation sites (tertiary alicyclic amines) is 1. The lowest BCUT2D eigenvalue weighted by Gasteiger charge is -2.36. The number of hydrogen-bond acceptors (Lipinski definition) is 3. The molecule has 1 amide bonds. The number of rotatable bonds is 3. The number of piperidine rings is 1. The van der Waals surface area contributed by atoms with Gasteiger partial charge < -0.3 is 19.9 Å². The topological polar surface area (TPSA) is 57.2 Å². The highest BCUT2D eigenvalue weighted by molar-refractivity contribution is 5.81. The summed E-state index contributed by atoms with van der Waals surface area (Å²) in [6.07, 6.45) is -3.69. The molecule has 2 fully saturated rings. The molecule has 2 rings (SSSR count). The number of carbonyl (C=O) groups excluding carboxylic acids is 1. The smallest absolute Gasteiger partial charge is 0.378 e. The van der Waals surface area contributed by atoms with Gasteiger partial charge in [0, 0.05) is 45.7 Å². The second-order valence-electron chi connectivity index (χ2n) is 6.04. The molecule has 138 valence electrons. The Hall–Kier alpha value is -1.51. The summed E-state index contributed by atoms with van der Waals surface area (Å²) in [5.74, 6) is 0.613. The minimum absolute atomic E-state index is 0.0207. The van der Waals surface area contributed by atoms with E-state index in [0.717, 1.165) is 0 Å². The maximum absolute atomic E-state index is 12.5. The third-order valence-electron chi connectivity index (χ3n) is 4.37. The fraction of sp³-hybridized carbons (Fsp3) is 0.867. The lowest BCUT2D eigenvalue weighted by Crippen LogP contribution is -2.50. The van der Waals surface area contributed by atoms with E-state index in [2.05, 4.69) is 10.3 Å². The number of amides is 1. The summed E-state index contributed by atoms with van der Waals surface area (Å²) in [5.41, 5.74) is 0. The summed E-state index contributed by atoms with van der Waals surface area (Å²) in [6, 6.07) is 0. The van der Waals surface area contributed by atoms with Gasteiger partial charge in [0.25, 0.3) is 0 Å². The molecule has 0 saturated carbocycles. The molecule has 2 aliphatic heterocycles. The van der Waals surface area contributed by atoms with E-state index in [0.29, 0.717) is 58.2 Å². The van der Waals surface area contributed by atoms with Crippen LogP contribution in [0.1, 0.15) is 19.3 Å². The maximum Gasteiger partial charge on any atom is 0.390 e. The van der Waals surface area contributed by atoms with Crippen molar-refractivity contribution in [2.45, 2.75) is 25.4 Å². The van der Waals surface area contributed by atoms with Crippen molar-refractivity contribution < 1.29 is 22.7 Å². The molecule has 0 atom stereocenters. The first-order valence-corrected chi connectivity index (χ1v) is 8.29. The average Bonchev–Trinajstić information content (AvgIpc) is 2.58. The van der Waals surface area contributed by atoms with Crippen LogP contribution in [0, 0.1) is 5.92 Å². The third kappa shape index (κ3) is 5.54. The van der Waals surface area contributed by atoms with Crippen LogP contribution in [0.4, 0.5) is 13.2 Å². The van der Waals surface area contributed by atoms with E-state index >= 15 is 0 Å². The number of carbonyl (C=O) groups is 1. The number of hydrogen-bond donors (Lipinski definition) is 1. The molecule has 0 aromatic heterocycles. The molecule has 24 heavy (non-hydrogen) atoms. The van der Waals surface area contributed by atoms with Gasteiger partial charge in [-0.3, -0.25) is 9.79 Å². The van der Waals surface area contributed by atoms with Crippen molar-refractivity contribution in [2.75, 3.05) is 53.0 Å². The van der Waals surface area contributed by atoms with Crippen LogP contribution in [0.25, 0.3) is 0 Å². The molecule has 0 unspecified atom stereocenters. The molecule has 2 aliphatic rings. The summed E-state index contributed by atoms with van der Waals surface area (Å²) in [6.45, 7) is 3.49. The van der Waals surface area contributed by atoms with Gasteiger partial charge in [-0.1, -0.05) is 0 Å². The molecule has 1 N–H and O–H groups in total. The Labute approximate surface area is 140 Å². The maximum atomic E-state index is 12.5. The zero-order valence-corrected chi connectivity index (χ0v) is 13.9. The van der Waals surface area contributed by atoms with Gasteiger partial charge in [0.2, 0.25) is 5.91 Å². The van der Waals surface area contributed by atoms with E-state index in [1.54, 1.807) is 7.05 Å². The molecule has 0 spiro atoms. The van der Waals surface area contributed by atoms with Crippen molar-refractivity contribution >= 4 is 11.9 Å². The molecule has 2 heterocycles. The van der Waals surface area contributed by atoms with Gasteiger partial charge in [0.1, 0.15) is 0 Å². The van der Waals surface area contributed by atoms with E-state index in [9.17, 15) is 18.0 Å². The van der Waals surface area contributed by atoms with Gasteiger partial charge in [-0.05, 0) is 12.8 Å². The summed E-state index contributed by atoms with van der Waals surface area (Å²) < 4.78 is 41.9. The molecular weight excluding hydrogens is 325 g/mol. The number of alkyl halides is 3. The number of ether oxygens (including phenoxy) is 1. The van der Waals surface area contributed by atoms with Crippen LogP contribution in [-0.2, 0) is 9.53 Å². The zero-order chi connectivity index (χ0) is 17.6. The summed E-state index contributed by atoms with van der Waals surface area (Å²) in [7, 11) is 1.56. The highest BCUT2D eigenvalue weighted by atomic mass is 19.4. The Bertz CT molecular complexity index is 442. The van der Waals surface area contributed by atoms with Crippen molar-refractivity contribution in [3.63, 3.8) is 0 Å². The highest BCUT2D eigenvalue weighted by Crippen LogP contribution is 2.21. The second-order valence-corrected chi connectivity index (χ2v) is 6.04. The van der Waals surface area contributed by atoms with E-state index < -0.39 is 12.6 Å². The molecule has 9 heteroatoms. The normalized spacial score (nSPS) is 21.1. The molecule has 0 bridgehead atoms. The van der Waals surface area contributed by atoms with Crippen molar-refractivity contribution in [1.82, 2.24) is 15.1 Å². The molecule has 2 saturated heterocycles. The van der Waals surface area contributed by atoms with Crippen LogP contribution in [0.15, 0.2) is 4.99 Å². The Morgan fingerprint density at radius 2 is 1.79 bits per heavy atom. The molecule has 6 nitrogen and oxygen atoms in total. The van der Waals surface area contributed by atoms with Gasteiger partial charge in [0.05, 0.1) is 19.6 Å². The molecule has 0 aliphatic carbocycles. The molecular formula is C15H25F3N4O2. The predicted molar refractivity (Wildman–Crippen MR) is 83.7 cm³/mol. The largest absolute Gasteiger partial charge is 0.390 e. The Balaban J connectivity index is 1.77. The highest BCUT2D eigenvalue weighted by Gasteiger charge is 2.31. The van der Waals surface area contributed by atoms with E-state index in [1.165, 1.54) is 0 Å². The van der Waals surface area contributed by atoms with Crippen LogP contribution in [0.3, 0.4) is 0 Å². The Morgan fingerprint density at radius 3 is 2.33 bits per heavy atom. The quantitative estimate of drug-likeness (QED) is 0.611. The summed E-state index contributed by atoms with van der Waals surface area (Å²) >= 11 is 0. The van der Waals surface area contributed by atoms with Gasteiger partial charge in [-0.2, -0.15) is 13.2 Å². The van der Waals surface area contributed by atoms with E-state index in [-0.39, 0.29) is 18.4 Å². The van der Waals surface area contributed by atoms with E-state index in [4.69, 9.17) is 4.74 Å². The standard InChI is InChI=1S/C15H25F3N4O2/c1-19-14(20-5-4-15(16,17)18)22-6-2-12(3-7-22)13(23)21-8-10-24-11-9-21/h12H,2-11H2,1H3,(H,19,20). The van der Waals surface area contributed by atoms with Crippen LogP contribution >= 0.6 is 0 Å². The molecule has 0 aromatic carbocycles. The van der Waals surface area contributed by atoms with Crippen LogP contribution in [0.2, 0.25) is 0 Å². The number of morpholine rings is 1. The first-order chi connectivity index (χ1) is 11.4. The van der Waals surface area contributed by atoms with Gasteiger partial charge in [-0.15, -0.1) is 0 Å².